The monoisotopic (exact) mass is 326 g/mol. The number of carbonyl (C=O) groups excluding carboxylic acids is 1. The Hall–Kier alpha value is -1.56. The number of hydrogen-bond donors (Lipinski definition) is 1. The van der Waals surface area contributed by atoms with Crippen molar-refractivity contribution in [3.63, 3.8) is 0 Å². The molecule has 102 valence electrons. The predicted molar refractivity (Wildman–Crippen MR) is 76.6 cm³/mol. The highest BCUT2D eigenvalue weighted by molar-refractivity contribution is 9.10. The van der Waals surface area contributed by atoms with Crippen molar-refractivity contribution in [2.24, 2.45) is 0 Å². The van der Waals surface area contributed by atoms with Crippen LogP contribution in [0.25, 0.3) is 10.9 Å². The third-order valence-electron chi connectivity index (χ3n) is 2.99. The fourth-order valence-corrected chi connectivity index (χ4v) is 2.76. The summed E-state index contributed by atoms with van der Waals surface area (Å²) < 4.78 is 7.32. The first-order valence-corrected chi connectivity index (χ1v) is 6.88. The Morgan fingerprint density at radius 3 is 2.74 bits per heavy atom. The lowest BCUT2D eigenvalue weighted by atomic mass is 10.1. The van der Waals surface area contributed by atoms with Crippen molar-refractivity contribution in [3.8, 4) is 0 Å². The van der Waals surface area contributed by atoms with Gasteiger partial charge >= 0.3 is 5.97 Å². The van der Waals surface area contributed by atoms with Gasteiger partial charge in [-0.2, -0.15) is 0 Å². The highest BCUT2D eigenvalue weighted by Crippen LogP contribution is 2.28. The Labute approximate surface area is 118 Å². The number of halogens is 1. The molecule has 2 aromatic heterocycles. The molecule has 6 heteroatoms. The standard InChI is InChI=1S/C13H15BrN2O3/c1-4-16-6-8(14)10-9(13(18)19-5-2)7(3)15-11(10)12(16)17/h6,15H,4-5H2,1-3H3. The molecule has 0 saturated heterocycles. The first-order valence-electron chi connectivity index (χ1n) is 6.09. The number of fused-ring (bicyclic) bond motifs is 1. The van der Waals surface area contributed by atoms with E-state index in [1.165, 1.54) is 0 Å². The second-order valence-corrected chi connectivity index (χ2v) is 5.02. The lowest BCUT2D eigenvalue weighted by Gasteiger charge is -2.05. The first kappa shape index (κ1) is 13.9. The van der Waals surface area contributed by atoms with Gasteiger partial charge in [0.25, 0.3) is 5.56 Å². The minimum Gasteiger partial charge on any atom is -0.462 e. The van der Waals surface area contributed by atoms with E-state index in [1.54, 1.807) is 24.6 Å². The number of ether oxygens (including phenoxy) is 1. The van der Waals surface area contributed by atoms with E-state index < -0.39 is 5.97 Å². The quantitative estimate of drug-likeness (QED) is 0.882. The number of aromatic amines is 1. The van der Waals surface area contributed by atoms with Gasteiger partial charge in [0.05, 0.1) is 12.2 Å². The number of aryl methyl sites for hydroxylation is 2. The zero-order valence-electron chi connectivity index (χ0n) is 11.0. The van der Waals surface area contributed by atoms with Gasteiger partial charge in [-0.05, 0) is 36.7 Å². The zero-order valence-corrected chi connectivity index (χ0v) is 12.6. The summed E-state index contributed by atoms with van der Waals surface area (Å²) in [7, 11) is 0. The summed E-state index contributed by atoms with van der Waals surface area (Å²) in [5.41, 5.74) is 1.35. The fraction of sp³-hybridized carbons (Fsp3) is 0.385. The molecule has 0 spiro atoms. The largest absolute Gasteiger partial charge is 0.462 e. The van der Waals surface area contributed by atoms with Crippen LogP contribution in [-0.4, -0.2) is 22.1 Å². The lowest BCUT2D eigenvalue weighted by Crippen LogP contribution is -2.19. The van der Waals surface area contributed by atoms with E-state index in [1.807, 2.05) is 6.92 Å². The summed E-state index contributed by atoms with van der Waals surface area (Å²) >= 11 is 3.42. The van der Waals surface area contributed by atoms with Crippen LogP contribution >= 0.6 is 15.9 Å². The third-order valence-corrected chi connectivity index (χ3v) is 3.59. The molecule has 0 fully saturated rings. The van der Waals surface area contributed by atoms with Crippen LogP contribution in [0.5, 0.6) is 0 Å². The number of hydrogen-bond acceptors (Lipinski definition) is 3. The summed E-state index contributed by atoms with van der Waals surface area (Å²) in [4.78, 5) is 27.2. The van der Waals surface area contributed by atoms with Gasteiger partial charge in [0.15, 0.2) is 0 Å². The number of pyridine rings is 1. The van der Waals surface area contributed by atoms with Crippen LogP contribution in [0.1, 0.15) is 29.9 Å². The summed E-state index contributed by atoms with van der Waals surface area (Å²) in [6.45, 7) is 6.27. The van der Waals surface area contributed by atoms with Gasteiger partial charge in [0, 0.05) is 28.3 Å². The maximum absolute atomic E-state index is 12.2. The molecule has 2 aromatic rings. The molecular weight excluding hydrogens is 312 g/mol. The van der Waals surface area contributed by atoms with Crippen LogP contribution in [0.2, 0.25) is 0 Å². The molecule has 2 rings (SSSR count). The highest BCUT2D eigenvalue weighted by Gasteiger charge is 2.21. The molecule has 5 nitrogen and oxygen atoms in total. The molecule has 1 N–H and O–H groups in total. The van der Waals surface area contributed by atoms with E-state index >= 15 is 0 Å². The molecule has 0 amide bonds. The van der Waals surface area contributed by atoms with Gasteiger partial charge in [-0.15, -0.1) is 0 Å². The van der Waals surface area contributed by atoms with Gasteiger partial charge in [0.2, 0.25) is 0 Å². The van der Waals surface area contributed by atoms with Crippen molar-refractivity contribution in [2.75, 3.05) is 6.61 Å². The van der Waals surface area contributed by atoms with Crippen molar-refractivity contribution in [3.05, 3.63) is 32.3 Å². The summed E-state index contributed by atoms with van der Waals surface area (Å²) in [6, 6.07) is 0. The fourth-order valence-electron chi connectivity index (χ4n) is 2.12. The summed E-state index contributed by atoms with van der Waals surface area (Å²) in [6.07, 6.45) is 1.70. The number of nitrogens with one attached hydrogen (secondary N) is 1. The second-order valence-electron chi connectivity index (χ2n) is 4.16. The molecule has 0 aliphatic carbocycles. The number of aromatic nitrogens is 2. The van der Waals surface area contributed by atoms with Crippen molar-refractivity contribution in [2.45, 2.75) is 27.3 Å². The van der Waals surface area contributed by atoms with Gasteiger partial charge in [0.1, 0.15) is 5.52 Å². The highest BCUT2D eigenvalue weighted by atomic mass is 79.9. The SMILES string of the molecule is CCOC(=O)c1c(C)[nH]c2c(=O)n(CC)cc(Br)c12. The van der Waals surface area contributed by atoms with Gasteiger partial charge in [-0.25, -0.2) is 4.79 Å². The molecule has 2 heterocycles. The summed E-state index contributed by atoms with van der Waals surface area (Å²) in [5, 5.41) is 0.589. The van der Waals surface area contributed by atoms with Crippen molar-refractivity contribution >= 4 is 32.8 Å². The maximum atomic E-state index is 12.2. The average molecular weight is 327 g/mol. The molecular formula is C13H15BrN2O3. The Morgan fingerprint density at radius 2 is 2.16 bits per heavy atom. The molecule has 0 aromatic carbocycles. The van der Waals surface area contributed by atoms with E-state index in [9.17, 15) is 9.59 Å². The number of esters is 1. The average Bonchev–Trinajstić information content (AvgIpc) is 2.72. The molecule has 0 radical (unpaired) electrons. The maximum Gasteiger partial charge on any atom is 0.340 e. The molecule has 19 heavy (non-hydrogen) atoms. The van der Waals surface area contributed by atoms with Crippen LogP contribution in [0.15, 0.2) is 15.5 Å². The van der Waals surface area contributed by atoms with E-state index in [0.717, 1.165) is 0 Å². The molecule has 0 atom stereocenters. The Kier molecular flexibility index (Phi) is 3.80. The van der Waals surface area contributed by atoms with Crippen molar-refractivity contribution in [1.29, 1.82) is 0 Å². The topological polar surface area (TPSA) is 64.1 Å². The molecule has 0 bridgehead atoms. The minimum absolute atomic E-state index is 0.139. The Bertz CT molecular complexity index is 700. The number of rotatable bonds is 3. The van der Waals surface area contributed by atoms with Gasteiger partial charge in [-0.3, -0.25) is 4.79 Å². The predicted octanol–water partition coefficient (Wildman–Crippen LogP) is 2.60. The number of carbonyl (C=O) groups is 1. The zero-order chi connectivity index (χ0) is 14.2. The van der Waals surface area contributed by atoms with Crippen LogP contribution < -0.4 is 5.56 Å². The van der Waals surface area contributed by atoms with E-state index in [4.69, 9.17) is 4.74 Å². The number of H-pyrrole nitrogens is 1. The van der Waals surface area contributed by atoms with Crippen molar-refractivity contribution < 1.29 is 9.53 Å². The Balaban J connectivity index is 2.81. The smallest absolute Gasteiger partial charge is 0.340 e. The van der Waals surface area contributed by atoms with Crippen LogP contribution in [0.4, 0.5) is 0 Å². The molecule has 0 saturated carbocycles. The Morgan fingerprint density at radius 1 is 1.47 bits per heavy atom. The van der Waals surface area contributed by atoms with Crippen LogP contribution in [0.3, 0.4) is 0 Å². The minimum atomic E-state index is -0.416. The lowest BCUT2D eigenvalue weighted by molar-refractivity contribution is 0.0528. The number of nitrogens with zero attached hydrogens (tertiary/aromatic N) is 1. The normalized spacial score (nSPS) is 10.9. The molecule has 0 aliphatic heterocycles. The first-order chi connectivity index (χ1) is 9.01. The van der Waals surface area contributed by atoms with Gasteiger partial charge < -0.3 is 14.3 Å². The van der Waals surface area contributed by atoms with E-state index in [0.29, 0.717) is 39.8 Å². The van der Waals surface area contributed by atoms with Crippen LogP contribution in [0, 0.1) is 6.92 Å². The summed E-state index contributed by atoms with van der Waals surface area (Å²) in [5.74, 6) is -0.416. The van der Waals surface area contributed by atoms with E-state index in [-0.39, 0.29) is 5.56 Å². The third kappa shape index (κ3) is 2.20. The molecule has 0 unspecified atom stereocenters. The van der Waals surface area contributed by atoms with Crippen molar-refractivity contribution in [1.82, 2.24) is 9.55 Å². The second kappa shape index (κ2) is 5.21. The van der Waals surface area contributed by atoms with E-state index in [2.05, 4.69) is 20.9 Å². The van der Waals surface area contributed by atoms with Crippen LogP contribution in [-0.2, 0) is 11.3 Å². The van der Waals surface area contributed by atoms with Gasteiger partial charge in [-0.1, -0.05) is 0 Å². The molecule has 0 aliphatic rings.